The summed E-state index contributed by atoms with van der Waals surface area (Å²) in [7, 11) is 0. The highest BCUT2D eigenvalue weighted by Crippen LogP contribution is 2.31. The highest BCUT2D eigenvalue weighted by atomic mass is 15.0. The van der Waals surface area contributed by atoms with Gasteiger partial charge in [0, 0.05) is 12.1 Å². The van der Waals surface area contributed by atoms with Crippen LogP contribution >= 0.6 is 0 Å². The molecule has 0 saturated carbocycles. The fraction of sp³-hybridized carbons (Fsp3) is 0.250. The van der Waals surface area contributed by atoms with Crippen LogP contribution in [0.5, 0.6) is 0 Å². The van der Waals surface area contributed by atoms with Crippen LogP contribution in [0.15, 0.2) is 54.6 Å². The van der Waals surface area contributed by atoms with E-state index < -0.39 is 0 Å². The van der Waals surface area contributed by atoms with Crippen molar-refractivity contribution in [2.45, 2.75) is 25.4 Å². The first-order valence-electron chi connectivity index (χ1n) is 6.23. The Morgan fingerprint density at radius 3 is 2.47 bits per heavy atom. The molecule has 0 spiro atoms. The van der Waals surface area contributed by atoms with Crippen LogP contribution in [-0.4, -0.2) is 0 Å². The van der Waals surface area contributed by atoms with Gasteiger partial charge < -0.3 is 5.32 Å². The third-order valence-electron chi connectivity index (χ3n) is 3.60. The lowest BCUT2D eigenvalue weighted by Gasteiger charge is -2.31. The Labute approximate surface area is 102 Å². The zero-order valence-corrected chi connectivity index (χ0v) is 10.1. The largest absolute Gasteiger partial charge is 0.303 e. The minimum Gasteiger partial charge on any atom is -0.303 e. The topological polar surface area (TPSA) is 12.0 Å². The number of fused-ring (bicyclic) bond motifs is 1. The third-order valence-corrected chi connectivity index (χ3v) is 3.60. The van der Waals surface area contributed by atoms with E-state index in [1.165, 1.54) is 16.7 Å². The molecule has 2 aromatic carbocycles. The Hall–Kier alpha value is -1.60. The fourth-order valence-corrected chi connectivity index (χ4v) is 2.71. The van der Waals surface area contributed by atoms with E-state index >= 15 is 0 Å². The van der Waals surface area contributed by atoms with Crippen molar-refractivity contribution in [1.29, 1.82) is 0 Å². The van der Waals surface area contributed by atoms with Gasteiger partial charge in [0.15, 0.2) is 0 Å². The summed E-state index contributed by atoms with van der Waals surface area (Å²) in [5.74, 6) is 0. The van der Waals surface area contributed by atoms with Gasteiger partial charge in [0.25, 0.3) is 0 Å². The van der Waals surface area contributed by atoms with E-state index in [1.54, 1.807) is 0 Å². The zero-order chi connectivity index (χ0) is 11.7. The van der Waals surface area contributed by atoms with Gasteiger partial charge in [0.2, 0.25) is 0 Å². The molecule has 86 valence electrons. The van der Waals surface area contributed by atoms with Gasteiger partial charge in [-0.2, -0.15) is 0 Å². The van der Waals surface area contributed by atoms with Crippen molar-refractivity contribution in [1.82, 2.24) is 5.32 Å². The molecule has 2 aromatic rings. The molecule has 1 nitrogen and oxygen atoms in total. The van der Waals surface area contributed by atoms with Gasteiger partial charge in [-0.15, -0.1) is 0 Å². The summed E-state index contributed by atoms with van der Waals surface area (Å²) in [6.45, 7) is 2.24. The first-order valence-corrected chi connectivity index (χ1v) is 6.23. The lowest BCUT2D eigenvalue weighted by atomic mass is 9.88. The first kappa shape index (κ1) is 10.5. The Morgan fingerprint density at radius 2 is 1.65 bits per heavy atom. The van der Waals surface area contributed by atoms with Crippen LogP contribution in [0.3, 0.4) is 0 Å². The van der Waals surface area contributed by atoms with Crippen molar-refractivity contribution in [3.05, 3.63) is 71.3 Å². The monoisotopic (exact) mass is 223 g/mol. The van der Waals surface area contributed by atoms with Crippen LogP contribution < -0.4 is 5.32 Å². The van der Waals surface area contributed by atoms with Gasteiger partial charge in [-0.3, -0.25) is 0 Å². The van der Waals surface area contributed by atoms with Crippen molar-refractivity contribution >= 4 is 0 Å². The molecule has 1 heteroatoms. The Balaban J connectivity index is 1.94. The van der Waals surface area contributed by atoms with Crippen molar-refractivity contribution in [2.24, 2.45) is 0 Å². The molecule has 0 saturated heterocycles. The van der Waals surface area contributed by atoms with E-state index in [9.17, 15) is 0 Å². The molecular weight excluding hydrogens is 206 g/mol. The molecule has 1 N–H and O–H groups in total. The molecule has 0 aromatic heterocycles. The summed E-state index contributed by atoms with van der Waals surface area (Å²) in [5, 5.41) is 3.69. The third kappa shape index (κ3) is 1.98. The van der Waals surface area contributed by atoms with E-state index in [1.807, 2.05) is 0 Å². The Morgan fingerprint density at radius 1 is 0.941 bits per heavy atom. The van der Waals surface area contributed by atoms with Crippen molar-refractivity contribution in [2.75, 3.05) is 0 Å². The number of nitrogens with one attached hydrogen (secondary N) is 1. The quantitative estimate of drug-likeness (QED) is 0.778. The smallest absolute Gasteiger partial charge is 0.0366 e. The molecule has 3 rings (SSSR count). The average Bonchev–Trinajstić information content (AvgIpc) is 2.40. The van der Waals surface area contributed by atoms with Gasteiger partial charge in [-0.05, 0) is 30.0 Å². The van der Waals surface area contributed by atoms with Crippen LogP contribution in [0.1, 0.15) is 35.7 Å². The summed E-state index contributed by atoms with van der Waals surface area (Å²) >= 11 is 0. The van der Waals surface area contributed by atoms with Crippen LogP contribution in [0, 0.1) is 0 Å². The summed E-state index contributed by atoms with van der Waals surface area (Å²) in [5.41, 5.74) is 4.31. The maximum absolute atomic E-state index is 3.69. The molecule has 0 bridgehead atoms. The van der Waals surface area contributed by atoms with Gasteiger partial charge in [0.05, 0.1) is 0 Å². The second-order valence-corrected chi connectivity index (χ2v) is 4.75. The van der Waals surface area contributed by atoms with Gasteiger partial charge in [-0.25, -0.2) is 0 Å². The number of hydrogen-bond donors (Lipinski definition) is 1. The molecule has 0 aliphatic carbocycles. The Bertz CT molecular complexity index is 504. The van der Waals surface area contributed by atoms with E-state index in [0.717, 1.165) is 6.42 Å². The standard InChI is InChI=1S/C16H17N/c1-12-15-10-6-5-9-14(15)11-16(17-12)13-7-3-2-4-8-13/h2-10,12,16-17H,11H2,1H3/t12-,16?/m1/s1. The van der Waals surface area contributed by atoms with Crippen molar-refractivity contribution < 1.29 is 0 Å². The second kappa shape index (κ2) is 4.34. The minimum atomic E-state index is 0.435. The summed E-state index contributed by atoms with van der Waals surface area (Å²) in [4.78, 5) is 0. The molecule has 1 unspecified atom stereocenters. The molecule has 0 fully saturated rings. The zero-order valence-electron chi connectivity index (χ0n) is 10.1. The molecule has 1 aliphatic heterocycles. The van der Waals surface area contributed by atoms with Crippen LogP contribution in [-0.2, 0) is 6.42 Å². The molecule has 0 amide bonds. The Kier molecular flexibility index (Phi) is 2.69. The fourth-order valence-electron chi connectivity index (χ4n) is 2.71. The highest BCUT2D eigenvalue weighted by molar-refractivity contribution is 5.35. The lowest BCUT2D eigenvalue weighted by molar-refractivity contribution is 0.433. The number of hydrogen-bond acceptors (Lipinski definition) is 1. The molecule has 17 heavy (non-hydrogen) atoms. The average molecular weight is 223 g/mol. The summed E-state index contributed by atoms with van der Waals surface area (Å²) in [6.07, 6.45) is 1.09. The van der Waals surface area contributed by atoms with Gasteiger partial charge in [0.1, 0.15) is 0 Å². The maximum atomic E-state index is 3.69. The molecule has 1 heterocycles. The van der Waals surface area contributed by atoms with Crippen molar-refractivity contribution in [3.8, 4) is 0 Å². The van der Waals surface area contributed by atoms with E-state index in [0.29, 0.717) is 12.1 Å². The minimum absolute atomic E-state index is 0.435. The van der Waals surface area contributed by atoms with Gasteiger partial charge >= 0.3 is 0 Å². The van der Waals surface area contributed by atoms with Crippen LogP contribution in [0.25, 0.3) is 0 Å². The SMILES string of the molecule is C[C@H]1NC(c2ccccc2)Cc2ccccc21. The summed E-state index contributed by atoms with van der Waals surface area (Å²) in [6, 6.07) is 20.3. The maximum Gasteiger partial charge on any atom is 0.0366 e. The normalized spacial score (nSPS) is 23.1. The molecule has 2 atom stereocenters. The predicted molar refractivity (Wildman–Crippen MR) is 70.9 cm³/mol. The van der Waals surface area contributed by atoms with E-state index in [-0.39, 0.29) is 0 Å². The molecular formula is C16H17N. The molecule has 1 aliphatic rings. The second-order valence-electron chi connectivity index (χ2n) is 4.75. The first-order chi connectivity index (χ1) is 8.34. The number of benzene rings is 2. The summed E-state index contributed by atoms with van der Waals surface area (Å²) < 4.78 is 0. The van der Waals surface area contributed by atoms with Crippen LogP contribution in [0.4, 0.5) is 0 Å². The van der Waals surface area contributed by atoms with E-state index in [2.05, 4.69) is 66.8 Å². The predicted octanol–water partition coefficient (Wildman–Crippen LogP) is 3.63. The highest BCUT2D eigenvalue weighted by Gasteiger charge is 2.23. The van der Waals surface area contributed by atoms with E-state index in [4.69, 9.17) is 0 Å². The van der Waals surface area contributed by atoms with Crippen LogP contribution in [0.2, 0.25) is 0 Å². The molecule has 0 radical (unpaired) electrons. The number of rotatable bonds is 1. The lowest BCUT2D eigenvalue weighted by Crippen LogP contribution is -2.31. The van der Waals surface area contributed by atoms with Gasteiger partial charge in [-0.1, -0.05) is 54.6 Å². The van der Waals surface area contributed by atoms with Crippen molar-refractivity contribution in [3.63, 3.8) is 0 Å².